The Labute approximate surface area is 113 Å². The third-order valence-corrected chi connectivity index (χ3v) is 6.23. The van der Waals surface area contributed by atoms with Crippen molar-refractivity contribution in [2.45, 2.75) is 37.6 Å². The Hall–Kier alpha value is -0.920. The number of nitrogens with zero attached hydrogens (tertiary/aromatic N) is 3. The summed E-state index contributed by atoms with van der Waals surface area (Å²) >= 11 is 0. The molecule has 2 fully saturated rings. The van der Waals surface area contributed by atoms with E-state index >= 15 is 0 Å². The van der Waals surface area contributed by atoms with Gasteiger partial charge in [-0.15, -0.1) is 0 Å². The molecule has 3 rings (SSSR count). The predicted molar refractivity (Wildman–Crippen MR) is 69.3 cm³/mol. The lowest BCUT2D eigenvalue weighted by Crippen LogP contribution is -2.52. The average Bonchev–Trinajstić information content (AvgIpc) is 2.95. The first-order valence-corrected chi connectivity index (χ1v) is 8.11. The van der Waals surface area contributed by atoms with Crippen molar-refractivity contribution in [1.82, 2.24) is 14.4 Å². The SMILES string of the molecule is Cc1noc(C)c1S(=O)(=O)N1CCN2CCCC2C1. The van der Waals surface area contributed by atoms with E-state index in [-0.39, 0.29) is 4.90 Å². The predicted octanol–water partition coefficient (Wildman–Crippen LogP) is 0.760. The molecule has 1 atom stereocenters. The molecule has 0 radical (unpaired) electrons. The zero-order chi connectivity index (χ0) is 13.6. The standard InChI is InChI=1S/C12H19N3O3S/c1-9-12(10(2)18-13-9)19(16,17)15-7-6-14-5-3-4-11(14)8-15/h11H,3-8H2,1-2H3. The third-order valence-electron chi connectivity index (χ3n) is 4.12. The quantitative estimate of drug-likeness (QED) is 0.802. The van der Waals surface area contributed by atoms with Gasteiger partial charge in [-0.25, -0.2) is 8.42 Å². The van der Waals surface area contributed by atoms with E-state index in [1.165, 1.54) is 6.42 Å². The molecule has 0 bridgehead atoms. The molecule has 0 amide bonds. The summed E-state index contributed by atoms with van der Waals surface area (Å²) in [6.07, 6.45) is 2.26. The number of aromatic nitrogens is 1. The molecule has 1 aromatic rings. The first-order valence-electron chi connectivity index (χ1n) is 6.67. The summed E-state index contributed by atoms with van der Waals surface area (Å²) in [5.74, 6) is 0.381. The lowest BCUT2D eigenvalue weighted by Gasteiger charge is -2.36. The second kappa shape index (κ2) is 4.57. The molecule has 0 aliphatic carbocycles. The minimum Gasteiger partial charge on any atom is -0.360 e. The largest absolute Gasteiger partial charge is 0.360 e. The summed E-state index contributed by atoms with van der Waals surface area (Å²) in [4.78, 5) is 2.64. The minimum atomic E-state index is -3.47. The summed E-state index contributed by atoms with van der Waals surface area (Å²) in [6, 6.07) is 0.379. The summed E-state index contributed by atoms with van der Waals surface area (Å²) in [5, 5.41) is 3.75. The van der Waals surface area contributed by atoms with Crippen molar-refractivity contribution in [2.24, 2.45) is 0 Å². The Morgan fingerprint density at radius 3 is 2.74 bits per heavy atom. The van der Waals surface area contributed by atoms with E-state index in [1.807, 2.05) is 0 Å². The van der Waals surface area contributed by atoms with Crippen molar-refractivity contribution < 1.29 is 12.9 Å². The van der Waals surface area contributed by atoms with Crippen molar-refractivity contribution in [3.05, 3.63) is 11.5 Å². The van der Waals surface area contributed by atoms with Crippen molar-refractivity contribution in [3.8, 4) is 0 Å². The van der Waals surface area contributed by atoms with Gasteiger partial charge in [-0.3, -0.25) is 4.90 Å². The number of piperazine rings is 1. The molecule has 1 aromatic heterocycles. The Kier molecular flexibility index (Phi) is 3.15. The Balaban J connectivity index is 1.89. The number of rotatable bonds is 2. The van der Waals surface area contributed by atoms with Crippen LogP contribution < -0.4 is 0 Å². The highest BCUT2D eigenvalue weighted by molar-refractivity contribution is 7.89. The number of hydrogen-bond acceptors (Lipinski definition) is 5. The molecule has 0 N–H and O–H groups in total. The van der Waals surface area contributed by atoms with E-state index < -0.39 is 10.0 Å². The van der Waals surface area contributed by atoms with Gasteiger partial charge in [0.05, 0.1) is 0 Å². The highest BCUT2D eigenvalue weighted by atomic mass is 32.2. The van der Waals surface area contributed by atoms with Crippen molar-refractivity contribution >= 4 is 10.0 Å². The van der Waals surface area contributed by atoms with Gasteiger partial charge < -0.3 is 4.52 Å². The van der Waals surface area contributed by atoms with Crippen LogP contribution in [0.4, 0.5) is 0 Å². The zero-order valence-electron chi connectivity index (χ0n) is 11.3. The molecule has 0 aromatic carbocycles. The topological polar surface area (TPSA) is 66.7 Å². The van der Waals surface area contributed by atoms with Crippen LogP contribution >= 0.6 is 0 Å². The molecule has 2 aliphatic heterocycles. The monoisotopic (exact) mass is 285 g/mol. The maximum atomic E-state index is 12.7. The first-order chi connectivity index (χ1) is 9.00. The smallest absolute Gasteiger partial charge is 0.248 e. The number of sulfonamides is 1. The van der Waals surface area contributed by atoms with E-state index in [4.69, 9.17) is 4.52 Å². The molecule has 7 heteroatoms. The average molecular weight is 285 g/mol. The highest BCUT2D eigenvalue weighted by Gasteiger charge is 2.38. The van der Waals surface area contributed by atoms with Crippen LogP contribution in [0.2, 0.25) is 0 Å². The fourth-order valence-corrected chi connectivity index (χ4v) is 4.91. The van der Waals surface area contributed by atoms with E-state index in [2.05, 4.69) is 10.1 Å². The Morgan fingerprint density at radius 1 is 1.26 bits per heavy atom. The summed E-state index contributed by atoms with van der Waals surface area (Å²) in [6.45, 7) is 6.40. The van der Waals surface area contributed by atoms with Crippen molar-refractivity contribution in [1.29, 1.82) is 0 Å². The maximum Gasteiger partial charge on any atom is 0.248 e. The second-order valence-corrected chi connectivity index (χ2v) is 7.22. The number of aryl methyl sites for hydroxylation is 2. The van der Waals surface area contributed by atoms with Crippen molar-refractivity contribution in [3.63, 3.8) is 0 Å². The van der Waals surface area contributed by atoms with Crippen LogP contribution in [0.1, 0.15) is 24.3 Å². The van der Waals surface area contributed by atoms with Gasteiger partial charge in [0.2, 0.25) is 10.0 Å². The molecule has 1 unspecified atom stereocenters. The molecule has 0 spiro atoms. The minimum absolute atomic E-state index is 0.249. The Morgan fingerprint density at radius 2 is 2.05 bits per heavy atom. The van der Waals surface area contributed by atoms with Gasteiger partial charge in [0, 0.05) is 25.7 Å². The number of fused-ring (bicyclic) bond motifs is 1. The Bertz CT molecular complexity index is 562. The van der Waals surface area contributed by atoms with E-state index in [0.717, 1.165) is 19.5 Å². The fourth-order valence-electron chi connectivity index (χ4n) is 3.15. The first kappa shape index (κ1) is 13.1. The highest BCUT2D eigenvalue weighted by Crippen LogP contribution is 2.28. The molecule has 3 heterocycles. The third kappa shape index (κ3) is 2.09. The molecule has 19 heavy (non-hydrogen) atoms. The van der Waals surface area contributed by atoms with Gasteiger partial charge in [0.25, 0.3) is 0 Å². The summed E-state index contributed by atoms with van der Waals surface area (Å²) in [7, 11) is -3.47. The molecule has 2 saturated heterocycles. The lowest BCUT2D eigenvalue weighted by atomic mass is 10.2. The molecular weight excluding hydrogens is 266 g/mol. The summed E-state index contributed by atoms with van der Waals surface area (Å²) < 4.78 is 32.0. The van der Waals surface area contributed by atoms with Crippen LogP contribution in [0.15, 0.2) is 9.42 Å². The van der Waals surface area contributed by atoms with Crippen LogP contribution in [0.3, 0.4) is 0 Å². The zero-order valence-corrected chi connectivity index (χ0v) is 12.1. The van der Waals surface area contributed by atoms with Crippen LogP contribution in [0.5, 0.6) is 0 Å². The van der Waals surface area contributed by atoms with Gasteiger partial charge >= 0.3 is 0 Å². The lowest BCUT2D eigenvalue weighted by molar-refractivity contribution is 0.158. The number of hydrogen-bond donors (Lipinski definition) is 0. The van der Waals surface area contributed by atoms with Crippen LogP contribution in [-0.2, 0) is 10.0 Å². The second-order valence-electron chi connectivity index (χ2n) is 5.35. The molecule has 6 nitrogen and oxygen atoms in total. The molecule has 0 saturated carbocycles. The van der Waals surface area contributed by atoms with E-state index in [0.29, 0.717) is 30.6 Å². The van der Waals surface area contributed by atoms with Gasteiger partial charge in [-0.2, -0.15) is 4.31 Å². The van der Waals surface area contributed by atoms with Gasteiger partial charge in [0.1, 0.15) is 10.6 Å². The van der Waals surface area contributed by atoms with Gasteiger partial charge in [-0.1, -0.05) is 5.16 Å². The van der Waals surface area contributed by atoms with Crippen LogP contribution in [0.25, 0.3) is 0 Å². The summed E-state index contributed by atoms with van der Waals surface area (Å²) in [5.41, 5.74) is 0.450. The molecule has 2 aliphatic rings. The fraction of sp³-hybridized carbons (Fsp3) is 0.750. The molecular formula is C12H19N3O3S. The van der Waals surface area contributed by atoms with Gasteiger partial charge in [-0.05, 0) is 33.2 Å². The van der Waals surface area contributed by atoms with Gasteiger partial charge in [0.15, 0.2) is 5.76 Å². The molecule has 106 valence electrons. The maximum absolute atomic E-state index is 12.7. The van der Waals surface area contributed by atoms with E-state index in [9.17, 15) is 8.42 Å². The van der Waals surface area contributed by atoms with Crippen LogP contribution in [-0.4, -0.2) is 55.0 Å². The normalized spacial score (nSPS) is 25.7. The van der Waals surface area contributed by atoms with Crippen molar-refractivity contribution in [2.75, 3.05) is 26.2 Å². The van der Waals surface area contributed by atoms with E-state index in [1.54, 1.807) is 18.2 Å². The van der Waals surface area contributed by atoms with Crippen LogP contribution in [0, 0.1) is 13.8 Å².